The number of thiophene rings is 1. The van der Waals surface area contributed by atoms with Crippen LogP contribution in [0.15, 0.2) is 16.3 Å². The second-order valence-corrected chi connectivity index (χ2v) is 7.64. The molecule has 0 spiro atoms. The molecule has 0 aromatic carbocycles. The molecule has 0 fully saturated rings. The topological polar surface area (TPSA) is 72.6 Å². The molecular formula is C12H22N2O3S2. The van der Waals surface area contributed by atoms with Crippen LogP contribution in [0.5, 0.6) is 0 Å². The maximum absolute atomic E-state index is 12.5. The van der Waals surface area contributed by atoms with Gasteiger partial charge in [-0.1, -0.05) is 13.8 Å². The molecule has 0 aliphatic carbocycles. The summed E-state index contributed by atoms with van der Waals surface area (Å²) in [5.74, 6) is 0.263. The molecule has 19 heavy (non-hydrogen) atoms. The third-order valence-corrected chi connectivity index (χ3v) is 5.53. The van der Waals surface area contributed by atoms with Crippen LogP contribution in [0.25, 0.3) is 0 Å². The quantitative estimate of drug-likeness (QED) is 0.790. The lowest BCUT2D eigenvalue weighted by Gasteiger charge is -2.23. The van der Waals surface area contributed by atoms with Crippen LogP contribution in [0.1, 0.15) is 18.7 Å². The van der Waals surface area contributed by atoms with Crippen molar-refractivity contribution in [3.05, 3.63) is 16.3 Å². The Morgan fingerprint density at radius 2 is 2.16 bits per heavy atom. The molecule has 1 aromatic rings. The van der Waals surface area contributed by atoms with E-state index < -0.39 is 10.0 Å². The van der Waals surface area contributed by atoms with E-state index in [1.54, 1.807) is 18.6 Å². The number of hydrogen-bond acceptors (Lipinski definition) is 5. The largest absolute Gasteiger partial charge is 0.383 e. The average Bonchev–Trinajstić information content (AvgIpc) is 2.83. The van der Waals surface area contributed by atoms with E-state index in [0.29, 0.717) is 31.1 Å². The Morgan fingerprint density at radius 3 is 2.63 bits per heavy atom. The fraction of sp³-hybridized carbons (Fsp3) is 0.667. The van der Waals surface area contributed by atoms with Crippen molar-refractivity contribution in [2.45, 2.75) is 25.3 Å². The van der Waals surface area contributed by atoms with E-state index in [4.69, 9.17) is 10.5 Å². The predicted molar refractivity (Wildman–Crippen MR) is 77.7 cm³/mol. The predicted octanol–water partition coefficient (Wildman–Crippen LogP) is 1.50. The summed E-state index contributed by atoms with van der Waals surface area (Å²) < 4.78 is 31.5. The van der Waals surface area contributed by atoms with Crippen molar-refractivity contribution in [3.8, 4) is 0 Å². The number of methoxy groups -OCH3 is 1. The minimum atomic E-state index is -3.45. The van der Waals surface area contributed by atoms with Crippen molar-refractivity contribution in [2.75, 3.05) is 26.8 Å². The lowest BCUT2D eigenvalue weighted by Crippen LogP contribution is -2.36. The zero-order valence-corrected chi connectivity index (χ0v) is 13.3. The van der Waals surface area contributed by atoms with Crippen LogP contribution in [-0.4, -0.2) is 39.5 Å². The van der Waals surface area contributed by atoms with Gasteiger partial charge in [-0.2, -0.15) is 4.31 Å². The van der Waals surface area contributed by atoms with Gasteiger partial charge in [0.1, 0.15) is 0 Å². The summed E-state index contributed by atoms with van der Waals surface area (Å²) in [7, 11) is -1.88. The van der Waals surface area contributed by atoms with Crippen LogP contribution in [-0.2, 0) is 21.3 Å². The summed E-state index contributed by atoms with van der Waals surface area (Å²) in [5.41, 5.74) is 5.53. The summed E-state index contributed by atoms with van der Waals surface area (Å²) in [6, 6.07) is 1.65. The Morgan fingerprint density at radius 1 is 1.47 bits per heavy atom. The first kappa shape index (κ1) is 16.6. The molecular weight excluding hydrogens is 284 g/mol. The van der Waals surface area contributed by atoms with Gasteiger partial charge in [-0.3, -0.25) is 0 Å². The van der Waals surface area contributed by atoms with E-state index in [2.05, 4.69) is 0 Å². The monoisotopic (exact) mass is 306 g/mol. The lowest BCUT2D eigenvalue weighted by molar-refractivity contribution is 0.175. The van der Waals surface area contributed by atoms with Crippen LogP contribution in [0.3, 0.4) is 0 Å². The van der Waals surface area contributed by atoms with Gasteiger partial charge in [0.05, 0.1) is 11.5 Å². The maximum atomic E-state index is 12.5. The molecule has 110 valence electrons. The first-order valence-corrected chi connectivity index (χ1v) is 8.50. The van der Waals surface area contributed by atoms with Gasteiger partial charge < -0.3 is 10.5 Å². The van der Waals surface area contributed by atoms with Crippen molar-refractivity contribution in [1.29, 1.82) is 0 Å². The van der Waals surface area contributed by atoms with Crippen molar-refractivity contribution in [1.82, 2.24) is 4.31 Å². The molecule has 5 nitrogen and oxygen atoms in total. The molecule has 1 aromatic heterocycles. The average molecular weight is 306 g/mol. The molecule has 0 aliphatic heterocycles. The Balaban J connectivity index is 2.96. The zero-order chi connectivity index (χ0) is 14.5. The number of hydrogen-bond donors (Lipinski definition) is 1. The van der Waals surface area contributed by atoms with Crippen LogP contribution in [0.4, 0.5) is 0 Å². The van der Waals surface area contributed by atoms with Gasteiger partial charge in [-0.25, -0.2) is 8.42 Å². The highest BCUT2D eigenvalue weighted by Crippen LogP contribution is 2.23. The molecule has 0 atom stereocenters. The number of rotatable bonds is 8. The standard InChI is InChI=1S/C12H22N2O3S2/c1-10(2)8-14(4-5-17-3)19(15,16)12-6-11(7-13)18-9-12/h6,9-10H,4-5,7-8,13H2,1-3H3. The highest BCUT2D eigenvalue weighted by Gasteiger charge is 2.25. The number of sulfonamides is 1. The molecule has 7 heteroatoms. The van der Waals surface area contributed by atoms with Gasteiger partial charge in [-0.15, -0.1) is 11.3 Å². The molecule has 2 N–H and O–H groups in total. The summed E-state index contributed by atoms with van der Waals surface area (Å²) >= 11 is 1.37. The highest BCUT2D eigenvalue weighted by atomic mass is 32.2. The molecule has 0 aliphatic rings. The normalized spacial score (nSPS) is 12.5. The van der Waals surface area contributed by atoms with Crippen LogP contribution < -0.4 is 5.73 Å². The van der Waals surface area contributed by atoms with Crippen LogP contribution in [0, 0.1) is 5.92 Å². The second kappa shape index (κ2) is 7.35. The molecule has 0 amide bonds. The number of nitrogens with zero attached hydrogens (tertiary/aromatic N) is 1. The number of nitrogens with two attached hydrogens (primary N) is 1. The van der Waals surface area contributed by atoms with Crippen LogP contribution in [0.2, 0.25) is 0 Å². The van der Waals surface area contributed by atoms with Crippen molar-refractivity contribution in [3.63, 3.8) is 0 Å². The van der Waals surface area contributed by atoms with E-state index in [1.165, 1.54) is 15.6 Å². The van der Waals surface area contributed by atoms with Gasteiger partial charge in [0.25, 0.3) is 0 Å². The fourth-order valence-electron chi connectivity index (χ4n) is 1.66. The smallest absolute Gasteiger partial charge is 0.243 e. The third-order valence-electron chi connectivity index (χ3n) is 2.58. The number of ether oxygens (including phenoxy) is 1. The van der Waals surface area contributed by atoms with E-state index in [-0.39, 0.29) is 5.92 Å². The van der Waals surface area contributed by atoms with E-state index in [1.807, 2.05) is 13.8 Å². The van der Waals surface area contributed by atoms with Crippen molar-refractivity contribution < 1.29 is 13.2 Å². The van der Waals surface area contributed by atoms with Gasteiger partial charge in [0.15, 0.2) is 0 Å². The Bertz CT molecular complexity index is 483. The molecule has 0 saturated heterocycles. The second-order valence-electron chi connectivity index (χ2n) is 4.70. The summed E-state index contributed by atoms with van der Waals surface area (Å²) in [6.07, 6.45) is 0. The van der Waals surface area contributed by atoms with E-state index in [0.717, 1.165) is 4.88 Å². The van der Waals surface area contributed by atoms with Crippen molar-refractivity contribution in [2.24, 2.45) is 11.7 Å². The van der Waals surface area contributed by atoms with E-state index in [9.17, 15) is 8.42 Å². The van der Waals surface area contributed by atoms with Crippen molar-refractivity contribution >= 4 is 21.4 Å². The summed E-state index contributed by atoms with van der Waals surface area (Å²) in [5, 5.41) is 1.65. The summed E-state index contributed by atoms with van der Waals surface area (Å²) in [6.45, 7) is 5.59. The molecule has 1 heterocycles. The zero-order valence-electron chi connectivity index (χ0n) is 11.6. The minimum Gasteiger partial charge on any atom is -0.383 e. The maximum Gasteiger partial charge on any atom is 0.243 e. The SMILES string of the molecule is COCCN(CC(C)C)S(=O)(=O)c1csc(CN)c1. The Labute approximate surface area is 119 Å². The third kappa shape index (κ3) is 4.54. The molecule has 0 unspecified atom stereocenters. The fourth-order valence-corrected chi connectivity index (χ4v) is 4.39. The molecule has 0 radical (unpaired) electrons. The Kier molecular flexibility index (Phi) is 6.41. The van der Waals surface area contributed by atoms with Gasteiger partial charge >= 0.3 is 0 Å². The lowest BCUT2D eigenvalue weighted by atomic mass is 10.2. The van der Waals surface area contributed by atoms with E-state index >= 15 is 0 Å². The van der Waals surface area contributed by atoms with Gasteiger partial charge in [0.2, 0.25) is 10.0 Å². The first-order chi connectivity index (χ1) is 8.91. The molecule has 1 rings (SSSR count). The molecule has 0 saturated carbocycles. The van der Waals surface area contributed by atoms with Gasteiger partial charge in [0, 0.05) is 37.0 Å². The summed E-state index contributed by atoms with van der Waals surface area (Å²) in [4.78, 5) is 1.20. The Hall–Kier alpha value is -0.470. The van der Waals surface area contributed by atoms with Gasteiger partial charge in [-0.05, 0) is 12.0 Å². The molecule has 0 bridgehead atoms. The first-order valence-electron chi connectivity index (χ1n) is 6.18. The highest BCUT2D eigenvalue weighted by molar-refractivity contribution is 7.89. The minimum absolute atomic E-state index is 0.263. The van der Waals surface area contributed by atoms with Crippen LogP contribution >= 0.6 is 11.3 Å².